The molecule has 0 saturated carbocycles. The lowest BCUT2D eigenvalue weighted by Gasteiger charge is -2.25. The smallest absolute Gasteiger partial charge is 0.252 e. The molecule has 0 radical (unpaired) electrons. The number of hydrogen-bond acceptors (Lipinski definition) is 5. The lowest BCUT2D eigenvalue weighted by Crippen LogP contribution is -2.45. The van der Waals surface area contributed by atoms with Crippen LogP contribution < -0.4 is 10.6 Å². The third-order valence-electron chi connectivity index (χ3n) is 6.81. The van der Waals surface area contributed by atoms with Gasteiger partial charge in [0.2, 0.25) is 5.91 Å². The Kier molecular flexibility index (Phi) is 8.20. The highest BCUT2D eigenvalue weighted by atomic mass is 16.5. The molecule has 2 atom stereocenters. The number of aromatic amines is 1. The quantitative estimate of drug-likeness (QED) is 0.351. The van der Waals surface area contributed by atoms with Crippen LogP contribution in [0.25, 0.3) is 22.5 Å². The van der Waals surface area contributed by atoms with Gasteiger partial charge in [0, 0.05) is 38.9 Å². The number of aromatic nitrogens is 4. The molecule has 3 heterocycles. The summed E-state index contributed by atoms with van der Waals surface area (Å²) in [6.07, 6.45) is 9.15. The molecule has 1 saturated heterocycles. The van der Waals surface area contributed by atoms with E-state index in [2.05, 4.69) is 25.7 Å². The Hall–Kier alpha value is -3.46. The molecule has 9 nitrogen and oxygen atoms in total. The predicted octanol–water partition coefficient (Wildman–Crippen LogP) is 3.90. The van der Waals surface area contributed by atoms with E-state index in [1.165, 1.54) is 0 Å². The van der Waals surface area contributed by atoms with Crippen molar-refractivity contribution in [3.8, 4) is 22.5 Å². The third-order valence-corrected chi connectivity index (χ3v) is 6.81. The van der Waals surface area contributed by atoms with Crippen LogP contribution in [-0.2, 0) is 21.4 Å². The summed E-state index contributed by atoms with van der Waals surface area (Å²) < 4.78 is 7.54. The largest absolute Gasteiger partial charge is 0.365 e. The zero-order chi connectivity index (χ0) is 25.5. The van der Waals surface area contributed by atoms with Crippen molar-refractivity contribution in [1.29, 1.82) is 0 Å². The molecule has 2 aromatic heterocycles. The summed E-state index contributed by atoms with van der Waals surface area (Å²) in [5.74, 6) is 0.670. The first kappa shape index (κ1) is 25.6. The minimum atomic E-state index is -0.797. The van der Waals surface area contributed by atoms with E-state index in [9.17, 15) is 9.59 Å². The van der Waals surface area contributed by atoms with Crippen molar-refractivity contribution in [1.82, 2.24) is 30.4 Å². The Morgan fingerprint density at radius 1 is 1.17 bits per heavy atom. The molecule has 1 aliphatic heterocycles. The topological polar surface area (TPSA) is 114 Å². The lowest BCUT2D eigenvalue weighted by molar-refractivity contribution is -0.140. The molecule has 192 valence electrons. The molecule has 0 spiro atoms. The highest BCUT2D eigenvalue weighted by Crippen LogP contribution is 2.29. The minimum Gasteiger partial charge on any atom is -0.365 e. The van der Waals surface area contributed by atoms with Gasteiger partial charge < -0.3 is 20.4 Å². The number of carbonyl (C=O) groups is 2. The fraction of sp³-hybridized carbons (Fsp3) is 0.481. The molecule has 0 aliphatic carbocycles. The van der Waals surface area contributed by atoms with Crippen molar-refractivity contribution >= 4 is 11.8 Å². The summed E-state index contributed by atoms with van der Waals surface area (Å²) in [5, 5.41) is 10.3. The number of aryl methyl sites for hydroxylation is 1. The Morgan fingerprint density at radius 3 is 2.61 bits per heavy atom. The summed E-state index contributed by atoms with van der Waals surface area (Å²) in [6, 6.07) is 9.90. The second kappa shape index (κ2) is 11.5. The minimum absolute atomic E-state index is 0.0518. The van der Waals surface area contributed by atoms with Crippen LogP contribution in [0.3, 0.4) is 0 Å². The van der Waals surface area contributed by atoms with Gasteiger partial charge in [-0.1, -0.05) is 37.1 Å². The van der Waals surface area contributed by atoms with Crippen LogP contribution in [0.1, 0.15) is 63.7 Å². The van der Waals surface area contributed by atoms with Gasteiger partial charge >= 0.3 is 0 Å². The Bertz CT molecular complexity index is 1160. The molecule has 3 N–H and O–H groups in total. The summed E-state index contributed by atoms with van der Waals surface area (Å²) in [4.78, 5) is 32.6. The van der Waals surface area contributed by atoms with Crippen LogP contribution in [0.5, 0.6) is 0 Å². The summed E-state index contributed by atoms with van der Waals surface area (Å²) in [6.45, 7) is 2.46. The lowest BCUT2D eigenvalue weighted by atomic mass is 10.00. The van der Waals surface area contributed by atoms with Crippen molar-refractivity contribution in [3.63, 3.8) is 0 Å². The van der Waals surface area contributed by atoms with Gasteiger partial charge in [0.15, 0.2) is 0 Å². The Balaban J connectivity index is 1.45. The number of amides is 2. The number of rotatable bonds is 11. The van der Waals surface area contributed by atoms with E-state index in [4.69, 9.17) is 4.74 Å². The SMILES string of the molecule is CNC(=O)CCCCC[C@H](NC(=O)C1(C)CCCO1)c1ncc(-c2ccc(-c3ccn(C)n3)cc2)[nH]1. The molecule has 9 heteroatoms. The standard InChI is InChI=1S/C27H36N6O3/c1-27(15-7-17-36-27)26(35)31-22(8-5-4-6-9-24(34)28-2)25-29-18-23(30-25)20-12-10-19(11-13-20)21-14-16-33(3)32-21/h10-14,16,18,22H,4-9,15,17H2,1-3H3,(H,28,34)(H,29,30)(H,31,35)/t22-,27?/m0/s1. The van der Waals surface area contributed by atoms with Crippen LogP contribution in [0.2, 0.25) is 0 Å². The zero-order valence-corrected chi connectivity index (χ0v) is 21.3. The van der Waals surface area contributed by atoms with E-state index in [1.54, 1.807) is 11.7 Å². The van der Waals surface area contributed by atoms with Crippen LogP contribution >= 0.6 is 0 Å². The van der Waals surface area contributed by atoms with Crippen molar-refractivity contribution in [2.24, 2.45) is 7.05 Å². The van der Waals surface area contributed by atoms with E-state index in [0.717, 1.165) is 60.4 Å². The van der Waals surface area contributed by atoms with Gasteiger partial charge in [-0.15, -0.1) is 0 Å². The maximum absolute atomic E-state index is 13.1. The average Bonchev–Trinajstić information content (AvgIpc) is 3.65. The number of nitrogens with zero attached hydrogens (tertiary/aromatic N) is 3. The first-order valence-corrected chi connectivity index (χ1v) is 12.7. The second-order valence-corrected chi connectivity index (χ2v) is 9.62. The summed E-state index contributed by atoms with van der Waals surface area (Å²) in [7, 11) is 3.56. The molecule has 1 fully saturated rings. The van der Waals surface area contributed by atoms with Gasteiger partial charge in [0.1, 0.15) is 11.4 Å². The normalized spacial score (nSPS) is 18.2. The Morgan fingerprint density at radius 2 is 1.94 bits per heavy atom. The van der Waals surface area contributed by atoms with Gasteiger partial charge in [-0.25, -0.2) is 4.98 Å². The highest BCUT2D eigenvalue weighted by Gasteiger charge is 2.39. The molecule has 1 aromatic carbocycles. The third kappa shape index (κ3) is 6.20. The van der Waals surface area contributed by atoms with Crippen LogP contribution in [-0.4, -0.2) is 50.8 Å². The molecule has 3 aromatic rings. The molecular weight excluding hydrogens is 456 g/mol. The number of hydrogen-bond donors (Lipinski definition) is 3. The van der Waals surface area contributed by atoms with Crippen molar-refractivity contribution in [3.05, 3.63) is 48.5 Å². The molecule has 2 amide bonds. The van der Waals surface area contributed by atoms with E-state index in [-0.39, 0.29) is 17.9 Å². The fourth-order valence-corrected chi connectivity index (χ4v) is 4.53. The Labute approximate surface area is 212 Å². The van der Waals surface area contributed by atoms with Crippen molar-refractivity contribution in [2.75, 3.05) is 13.7 Å². The number of imidazole rings is 1. The maximum atomic E-state index is 13.1. The molecule has 36 heavy (non-hydrogen) atoms. The zero-order valence-electron chi connectivity index (χ0n) is 21.3. The molecule has 1 unspecified atom stereocenters. The van der Waals surface area contributed by atoms with E-state index in [1.807, 2.05) is 56.7 Å². The fourth-order valence-electron chi connectivity index (χ4n) is 4.53. The van der Waals surface area contributed by atoms with E-state index in [0.29, 0.717) is 19.4 Å². The molecule has 4 rings (SSSR count). The van der Waals surface area contributed by atoms with Gasteiger partial charge in [0.05, 0.1) is 23.6 Å². The number of ether oxygens (including phenoxy) is 1. The van der Waals surface area contributed by atoms with Crippen LogP contribution in [0, 0.1) is 0 Å². The maximum Gasteiger partial charge on any atom is 0.252 e. The van der Waals surface area contributed by atoms with Gasteiger partial charge in [-0.2, -0.15) is 5.10 Å². The van der Waals surface area contributed by atoms with Crippen LogP contribution in [0.4, 0.5) is 0 Å². The number of unbranched alkanes of at least 4 members (excludes halogenated alkanes) is 2. The summed E-state index contributed by atoms with van der Waals surface area (Å²) >= 11 is 0. The molecular formula is C27H36N6O3. The average molecular weight is 493 g/mol. The number of benzene rings is 1. The first-order chi connectivity index (χ1) is 17.4. The van der Waals surface area contributed by atoms with Crippen molar-refractivity contribution < 1.29 is 14.3 Å². The summed E-state index contributed by atoms with van der Waals surface area (Å²) in [5.41, 5.74) is 3.07. The van der Waals surface area contributed by atoms with Crippen molar-refractivity contribution in [2.45, 2.75) is 63.5 Å². The van der Waals surface area contributed by atoms with E-state index >= 15 is 0 Å². The highest BCUT2D eigenvalue weighted by molar-refractivity contribution is 5.85. The molecule has 1 aliphatic rings. The van der Waals surface area contributed by atoms with Gasteiger partial charge in [-0.3, -0.25) is 14.3 Å². The van der Waals surface area contributed by atoms with Gasteiger partial charge in [-0.05, 0) is 44.2 Å². The number of carbonyl (C=O) groups excluding carboxylic acids is 2. The monoisotopic (exact) mass is 492 g/mol. The van der Waals surface area contributed by atoms with E-state index < -0.39 is 5.60 Å². The number of nitrogens with one attached hydrogen (secondary N) is 3. The number of H-pyrrole nitrogens is 1. The predicted molar refractivity (Wildman–Crippen MR) is 138 cm³/mol. The van der Waals surface area contributed by atoms with Gasteiger partial charge in [0.25, 0.3) is 5.91 Å². The first-order valence-electron chi connectivity index (χ1n) is 12.7. The molecule has 0 bridgehead atoms. The van der Waals surface area contributed by atoms with Crippen LogP contribution in [0.15, 0.2) is 42.7 Å². The second-order valence-electron chi connectivity index (χ2n) is 9.62.